The van der Waals surface area contributed by atoms with Crippen molar-refractivity contribution in [3.05, 3.63) is 54.1 Å². The molecule has 4 nitrogen and oxygen atoms in total. The minimum atomic E-state index is 0.626. The summed E-state index contributed by atoms with van der Waals surface area (Å²) in [6.45, 7) is 2.95. The summed E-state index contributed by atoms with van der Waals surface area (Å²) in [7, 11) is 2.15. The normalized spacial score (nSPS) is 10.8. The first-order chi connectivity index (χ1) is 10.1. The van der Waals surface area contributed by atoms with Crippen LogP contribution in [0.5, 0.6) is 0 Å². The van der Waals surface area contributed by atoms with Crippen LogP contribution >= 0.6 is 0 Å². The maximum Gasteiger partial charge on any atom is 0.0568 e. The van der Waals surface area contributed by atoms with Crippen LogP contribution in [0.3, 0.4) is 0 Å². The van der Waals surface area contributed by atoms with E-state index in [0.717, 1.165) is 31.7 Å². The summed E-state index contributed by atoms with van der Waals surface area (Å²) < 4.78 is 0. The van der Waals surface area contributed by atoms with E-state index < -0.39 is 0 Å². The lowest BCUT2D eigenvalue weighted by Crippen LogP contribution is -2.21. The molecule has 0 spiro atoms. The van der Waals surface area contributed by atoms with Crippen LogP contribution in [0.25, 0.3) is 0 Å². The zero-order valence-corrected chi connectivity index (χ0v) is 12.5. The summed E-state index contributed by atoms with van der Waals surface area (Å²) >= 11 is 0. The van der Waals surface area contributed by atoms with Crippen LogP contribution in [0, 0.1) is 0 Å². The molecule has 2 aromatic carbocycles. The van der Waals surface area contributed by atoms with E-state index in [0.29, 0.717) is 11.4 Å². The molecule has 0 bridgehead atoms. The van der Waals surface area contributed by atoms with Gasteiger partial charge in [-0.05, 0) is 43.8 Å². The lowest BCUT2D eigenvalue weighted by molar-refractivity contribution is 0.325. The predicted molar refractivity (Wildman–Crippen MR) is 91.1 cm³/mol. The lowest BCUT2D eigenvalue weighted by atomic mass is 10.2. The summed E-state index contributed by atoms with van der Waals surface area (Å²) in [6, 6.07) is 16.2. The van der Waals surface area contributed by atoms with Gasteiger partial charge in [0.25, 0.3) is 0 Å². The van der Waals surface area contributed by atoms with Gasteiger partial charge in [0.1, 0.15) is 0 Å². The molecular weight excluding hydrogens is 260 g/mol. The van der Waals surface area contributed by atoms with Gasteiger partial charge in [-0.25, -0.2) is 0 Å². The van der Waals surface area contributed by atoms with Gasteiger partial charge in [0.05, 0.1) is 11.4 Å². The summed E-state index contributed by atoms with van der Waals surface area (Å²) in [4.78, 5) is 2.33. The molecule has 21 heavy (non-hydrogen) atoms. The lowest BCUT2D eigenvalue weighted by Gasteiger charge is -2.17. The molecule has 0 saturated heterocycles. The molecule has 0 unspecified atom stereocenters. The molecular formula is C17H24N4. The molecule has 0 aliphatic rings. The summed E-state index contributed by atoms with van der Waals surface area (Å²) in [5.41, 5.74) is 15.1. The van der Waals surface area contributed by atoms with E-state index >= 15 is 0 Å². The Morgan fingerprint density at radius 1 is 1.00 bits per heavy atom. The summed E-state index contributed by atoms with van der Waals surface area (Å²) in [5, 5.41) is 3.37. The highest BCUT2D eigenvalue weighted by molar-refractivity contribution is 5.69. The second kappa shape index (κ2) is 7.55. The van der Waals surface area contributed by atoms with E-state index in [1.807, 2.05) is 24.3 Å². The van der Waals surface area contributed by atoms with Crippen molar-refractivity contribution >= 4 is 17.1 Å². The van der Waals surface area contributed by atoms with Gasteiger partial charge in [0, 0.05) is 18.8 Å². The molecule has 2 rings (SSSR count). The number of hydrogen-bond acceptors (Lipinski definition) is 4. The summed E-state index contributed by atoms with van der Waals surface area (Å²) in [6.07, 6.45) is 1.08. The van der Waals surface area contributed by atoms with E-state index in [4.69, 9.17) is 11.5 Å². The Bertz CT molecular complexity index is 554. The number of nitrogens with zero attached hydrogens (tertiary/aromatic N) is 1. The third kappa shape index (κ3) is 5.00. The van der Waals surface area contributed by atoms with Gasteiger partial charge in [-0.1, -0.05) is 30.3 Å². The van der Waals surface area contributed by atoms with E-state index in [9.17, 15) is 0 Å². The Kier molecular flexibility index (Phi) is 5.46. The van der Waals surface area contributed by atoms with Crippen molar-refractivity contribution in [3.8, 4) is 0 Å². The topological polar surface area (TPSA) is 67.3 Å². The Hall–Kier alpha value is -2.20. The fourth-order valence-corrected chi connectivity index (χ4v) is 2.24. The van der Waals surface area contributed by atoms with Crippen molar-refractivity contribution in [2.45, 2.75) is 13.0 Å². The van der Waals surface area contributed by atoms with E-state index in [2.05, 4.69) is 41.5 Å². The van der Waals surface area contributed by atoms with Crippen LogP contribution in [-0.2, 0) is 6.54 Å². The van der Waals surface area contributed by atoms with Crippen LogP contribution in [0.4, 0.5) is 17.1 Å². The maximum absolute atomic E-state index is 5.79. The number of hydrogen-bond donors (Lipinski definition) is 3. The third-order valence-corrected chi connectivity index (χ3v) is 3.43. The van der Waals surface area contributed by atoms with Gasteiger partial charge in [-0.3, -0.25) is 0 Å². The van der Waals surface area contributed by atoms with Gasteiger partial charge < -0.3 is 21.7 Å². The Morgan fingerprint density at radius 2 is 1.76 bits per heavy atom. The number of benzene rings is 2. The largest absolute Gasteiger partial charge is 0.397 e. The molecule has 0 radical (unpaired) electrons. The van der Waals surface area contributed by atoms with Crippen LogP contribution < -0.4 is 16.8 Å². The highest BCUT2D eigenvalue weighted by Crippen LogP contribution is 2.19. The second-order valence-corrected chi connectivity index (χ2v) is 5.35. The highest BCUT2D eigenvalue weighted by Gasteiger charge is 2.00. The van der Waals surface area contributed by atoms with E-state index in [1.54, 1.807) is 0 Å². The van der Waals surface area contributed by atoms with Crippen LogP contribution in [0.2, 0.25) is 0 Å². The average molecular weight is 284 g/mol. The zero-order chi connectivity index (χ0) is 15.1. The van der Waals surface area contributed by atoms with Gasteiger partial charge in [-0.15, -0.1) is 0 Å². The molecule has 0 saturated carbocycles. The maximum atomic E-state index is 5.79. The first kappa shape index (κ1) is 15.2. The molecule has 0 atom stereocenters. The predicted octanol–water partition coefficient (Wildman–Crippen LogP) is 2.79. The third-order valence-electron chi connectivity index (χ3n) is 3.43. The number of rotatable bonds is 7. The molecule has 112 valence electrons. The SMILES string of the molecule is CN(CCCNc1ccc(N)c(N)c1)Cc1ccccc1. The van der Waals surface area contributed by atoms with Crippen LogP contribution in [0.1, 0.15) is 12.0 Å². The standard InChI is InChI=1S/C17H24N4/c1-21(13-14-6-3-2-4-7-14)11-5-10-20-15-8-9-16(18)17(19)12-15/h2-4,6-9,12,20H,5,10-11,13,18-19H2,1H3. The molecule has 0 aliphatic heterocycles. The van der Waals surface area contributed by atoms with Crippen molar-refractivity contribution in [2.24, 2.45) is 0 Å². The molecule has 0 heterocycles. The Morgan fingerprint density at radius 3 is 2.48 bits per heavy atom. The minimum absolute atomic E-state index is 0.626. The second-order valence-electron chi connectivity index (χ2n) is 5.35. The number of nitrogens with one attached hydrogen (secondary N) is 1. The van der Waals surface area contributed by atoms with Crippen molar-refractivity contribution in [1.82, 2.24) is 4.90 Å². The molecule has 5 N–H and O–H groups in total. The molecule has 0 aromatic heterocycles. The van der Waals surface area contributed by atoms with Crippen molar-refractivity contribution in [3.63, 3.8) is 0 Å². The zero-order valence-electron chi connectivity index (χ0n) is 12.5. The molecule has 0 aliphatic carbocycles. The first-order valence-electron chi connectivity index (χ1n) is 7.26. The van der Waals surface area contributed by atoms with Gasteiger partial charge in [-0.2, -0.15) is 0 Å². The van der Waals surface area contributed by atoms with Gasteiger partial charge >= 0.3 is 0 Å². The molecule has 2 aromatic rings. The van der Waals surface area contributed by atoms with Crippen molar-refractivity contribution in [2.75, 3.05) is 36.9 Å². The smallest absolute Gasteiger partial charge is 0.0568 e. The van der Waals surface area contributed by atoms with Crippen LogP contribution in [-0.4, -0.2) is 25.0 Å². The van der Waals surface area contributed by atoms with Gasteiger partial charge in [0.15, 0.2) is 0 Å². The quantitative estimate of drug-likeness (QED) is 0.540. The van der Waals surface area contributed by atoms with E-state index in [-0.39, 0.29) is 0 Å². The molecule has 0 amide bonds. The first-order valence-corrected chi connectivity index (χ1v) is 7.26. The Balaban J connectivity index is 1.68. The van der Waals surface area contributed by atoms with E-state index in [1.165, 1.54) is 5.56 Å². The molecule has 4 heteroatoms. The van der Waals surface area contributed by atoms with Crippen molar-refractivity contribution in [1.29, 1.82) is 0 Å². The fourth-order valence-electron chi connectivity index (χ4n) is 2.24. The van der Waals surface area contributed by atoms with Crippen LogP contribution in [0.15, 0.2) is 48.5 Å². The van der Waals surface area contributed by atoms with Crippen molar-refractivity contribution < 1.29 is 0 Å². The number of anilines is 3. The minimum Gasteiger partial charge on any atom is -0.397 e. The fraction of sp³-hybridized carbons (Fsp3) is 0.294. The van der Waals surface area contributed by atoms with Gasteiger partial charge in [0.2, 0.25) is 0 Å². The summed E-state index contributed by atoms with van der Waals surface area (Å²) in [5.74, 6) is 0. The Labute approximate surface area is 126 Å². The highest BCUT2D eigenvalue weighted by atomic mass is 15.1. The number of nitrogens with two attached hydrogens (primary N) is 2. The number of nitrogen functional groups attached to an aromatic ring is 2. The average Bonchev–Trinajstić information content (AvgIpc) is 2.48. The monoisotopic (exact) mass is 284 g/mol. The molecule has 0 fully saturated rings.